The number of benzene rings is 2. The molecule has 0 saturated carbocycles. The van der Waals surface area contributed by atoms with Gasteiger partial charge in [0, 0.05) is 5.56 Å². The zero-order chi connectivity index (χ0) is 21.9. The van der Waals surface area contributed by atoms with Gasteiger partial charge >= 0.3 is 0 Å². The molecule has 0 amide bonds. The molecule has 7 nitrogen and oxygen atoms in total. The maximum atomic E-state index is 12.8. The van der Waals surface area contributed by atoms with Gasteiger partial charge in [-0.1, -0.05) is 41.4 Å². The third-order valence-electron chi connectivity index (χ3n) is 4.08. The van der Waals surface area contributed by atoms with Crippen LogP contribution in [0.4, 0.5) is 5.69 Å². The first-order valence-electron chi connectivity index (χ1n) is 8.41. The number of sulfonamides is 1. The average Bonchev–Trinajstić information content (AvgIpc) is 2.73. The Kier molecular flexibility index (Phi) is 6.37. The van der Waals surface area contributed by atoms with Crippen molar-refractivity contribution in [3.8, 4) is 29.0 Å². The molecule has 1 heterocycles. The minimum Gasteiger partial charge on any atom is -0.494 e. The second-order valence-electron chi connectivity index (χ2n) is 5.94. The van der Waals surface area contributed by atoms with Crippen molar-refractivity contribution < 1.29 is 17.9 Å². The van der Waals surface area contributed by atoms with Crippen LogP contribution in [0.15, 0.2) is 53.4 Å². The second kappa shape index (κ2) is 8.79. The molecule has 0 atom stereocenters. The van der Waals surface area contributed by atoms with E-state index in [1.165, 1.54) is 44.6 Å². The molecule has 0 fully saturated rings. The van der Waals surface area contributed by atoms with Crippen LogP contribution < -0.4 is 14.2 Å². The Labute approximate surface area is 183 Å². The molecule has 0 radical (unpaired) electrons. The molecule has 30 heavy (non-hydrogen) atoms. The van der Waals surface area contributed by atoms with E-state index in [4.69, 9.17) is 32.7 Å². The molecule has 0 spiro atoms. The summed E-state index contributed by atoms with van der Waals surface area (Å²) in [5.74, 6) is 0.298. The van der Waals surface area contributed by atoms with Gasteiger partial charge in [0.1, 0.15) is 11.6 Å². The number of methoxy groups -OCH3 is 2. The third kappa shape index (κ3) is 4.28. The van der Waals surface area contributed by atoms with E-state index in [0.29, 0.717) is 5.56 Å². The summed E-state index contributed by atoms with van der Waals surface area (Å²) >= 11 is 12.5. The molecule has 1 N–H and O–H groups in total. The maximum Gasteiger partial charge on any atom is 0.261 e. The number of hydrogen-bond donors (Lipinski definition) is 1. The highest BCUT2D eigenvalue weighted by Crippen LogP contribution is 2.40. The predicted octanol–water partition coefficient (Wildman–Crippen LogP) is 4.75. The van der Waals surface area contributed by atoms with Crippen LogP contribution in [0.1, 0.15) is 5.56 Å². The van der Waals surface area contributed by atoms with Gasteiger partial charge in [0.05, 0.1) is 40.5 Å². The molecule has 0 saturated heterocycles. The smallest absolute Gasteiger partial charge is 0.261 e. The summed E-state index contributed by atoms with van der Waals surface area (Å²) in [7, 11) is -1.17. The number of nitriles is 1. The fourth-order valence-electron chi connectivity index (χ4n) is 2.72. The fraction of sp³-hybridized carbons (Fsp3) is 0.100. The Morgan fingerprint density at radius 2 is 1.67 bits per heavy atom. The van der Waals surface area contributed by atoms with E-state index in [1.54, 1.807) is 18.2 Å². The zero-order valence-corrected chi connectivity index (χ0v) is 18.1. The van der Waals surface area contributed by atoms with Crippen molar-refractivity contribution in [1.29, 1.82) is 5.26 Å². The van der Waals surface area contributed by atoms with Crippen molar-refractivity contribution in [3.05, 3.63) is 64.1 Å². The topological polar surface area (TPSA) is 101 Å². The lowest BCUT2D eigenvalue weighted by atomic mass is 10.1. The summed E-state index contributed by atoms with van der Waals surface area (Å²) in [6.45, 7) is 0. The van der Waals surface area contributed by atoms with E-state index in [2.05, 4.69) is 9.71 Å². The fourth-order valence-corrected chi connectivity index (χ4v) is 4.44. The van der Waals surface area contributed by atoms with Crippen LogP contribution in [-0.4, -0.2) is 27.6 Å². The number of nitrogens with zero attached hydrogens (tertiary/aromatic N) is 2. The van der Waals surface area contributed by atoms with Crippen LogP contribution in [0, 0.1) is 11.3 Å². The number of halogens is 2. The second-order valence-corrected chi connectivity index (χ2v) is 8.44. The van der Waals surface area contributed by atoms with Crippen LogP contribution in [-0.2, 0) is 10.0 Å². The molecule has 0 aliphatic rings. The van der Waals surface area contributed by atoms with Gasteiger partial charge in [0.2, 0.25) is 5.88 Å². The van der Waals surface area contributed by atoms with Gasteiger partial charge in [-0.25, -0.2) is 13.4 Å². The first-order chi connectivity index (χ1) is 14.3. The number of pyridine rings is 1. The molecule has 3 aromatic rings. The largest absolute Gasteiger partial charge is 0.494 e. The molecule has 3 rings (SSSR count). The monoisotopic (exact) mass is 463 g/mol. The quantitative estimate of drug-likeness (QED) is 0.565. The minimum absolute atomic E-state index is 0.0261. The number of hydrogen-bond acceptors (Lipinski definition) is 6. The Morgan fingerprint density at radius 3 is 2.20 bits per heavy atom. The standard InChI is InChI=1S/C20H15Cl2N3O4S/c1-28-19-15(21)8-12(9-16(19)22)18-17(10-13(11-23)20(24-18)29-2)25-30(26,27)14-6-4-3-5-7-14/h3-10,25H,1-2H3. The van der Waals surface area contributed by atoms with Crippen LogP contribution in [0.5, 0.6) is 11.6 Å². The summed E-state index contributed by atoms with van der Waals surface area (Å²) < 4.78 is 38.5. The molecule has 2 aromatic carbocycles. The molecule has 154 valence electrons. The van der Waals surface area contributed by atoms with Crippen molar-refractivity contribution in [1.82, 2.24) is 4.98 Å². The third-order valence-corrected chi connectivity index (χ3v) is 6.02. The normalized spacial score (nSPS) is 10.9. The SMILES string of the molecule is COc1nc(-c2cc(Cl)c(OC)c(Cl)c2)c(NS(=O)(=O)c2ccccc2)cc1C#N. The Morgan fingerprint density at radius 1 is 1.03 bits per heavy atom. The molecule has 0 bridgehead atoms. The van der Waals surface area contributed by atoms with E-state index < -0.39 is 10.0 Å². The van der Waals surface area contributed by atoms with Crippen molar-refractivity contribution in [3.63, 3.8) is 0 Å². The molecule has 10 heteroatoms. The summed E-state index contributed by atoms with van der Waals surface area (Å²) in [6, 6.07) is 14.1. The summed E-state index contributed by atoms with van der Waals surface area (Å²) in [4.78, 5) is 4.37. The highest BCUT2D eigenvalue weighted by atomic mass is 35.5. The molecular weight excluding hydrogens is 449 g/mol. The lowest BCUT2D eigenvalue weighted by molar-refractivity contribution is 0.397. The van der Waals surface area contributed by atoms with Gasteiger partial charge in [-0.2, -0.15) is 5.26 Å². The van der Waals surface area contributed by atoms with Crippen molar-refractivity contribution in [2.75, 3.05) is 18.9 Å². The van der Waals surface area contributed by atoms with Gasteiger partial charge < -0.3 is 9.47 Å². The highest BCUT2D eigenvalue weighted by molar-refractivity contribution is 7.92. The number of ether oxygens (including phenoxy) is 2. The average molecular weight is 464 g/mol. The van der Waals surface area contributed by atoms with Crippen molar-refractivity contribution in [2.45, 2.75) is 4.90 Å². The van der Waals surface area contributed by atoms with Crippen LogP contribution in [0.2, 0.25) is 10.0 Å². The van der Waals surface area contributed by atoms with Gasteiger partial charge in [-0.3, -0.25) is 4.72 Å². The Hall–Kier alpha value is -2.99. The maximum absolute atomic E-state index is 12.8. The first kappa shape index (κ1) is 21.7. The zero-order valence-electron chi connectivity index (χ0n) is 15.8. The van der Waals surface area contributed by atoms with E-state index in [0.717, 1.165) is 0 Å². The van der Waals surface area contributed by atoms with Gasteiger partial charge in [0.25, 0.3) is 10.0 Å². The summed E-state index contributed by atoms with van der Waals surface area (Å²) in [6.07, 6.45) is 0. The van der Waals surface area contributed by atoms with E-state index in [-0.39, 0.29) is 43.5 Å². The van der Waals surface area contributed by atoms with Crippen LogP contribution >= 0.6 is 23.2 Å². The Bertz CT molecular complexity index is 1220. The molecule has 0 aliphatic carbocycles. The highest BCUT2D eigenvalue weighted by Gasteiger charge is 2.21. The van der Waals surface area contributed by atoms with E-state index in [9.17, 15) is 13.7 Å². The van der Waals surface area contributed by atoms with Crippen molar-refractivity contribution >= 4 is 38.9 Å². The number of rotatable bonds is 6. The number of nitrogens with one attached hydrogen (secondary N) is 1. The molecule has 0 aliphatic heterocycles. The lowest BCUT2D eigenvalue weighted by Gasteiger charge is -2.15. The van der Waals surface area contributed by atoms with Gasteiger partial charge in [-0.15, -0.1) is 0 Å². The van der Waals surface area contributed by atoms with Crippen LogP contribution in [0.25, 0.3) is 11.3 Å². The van der Waals surface area contributed by atoms with E-state index in [1.807, 2.05) is 6.07 Å². The minimum atomic E-state index is -3.95. The summed E-state index contributed by atoms with van der Waals surface area (Å²) in [5, 5.41) is 9.82. The van der Waals surface area contributed by atoms with Gasteiger partial charge in [0.15, 0.2) is 5.75 Å². The first-order valence-corrected chi connectivity index (χ1v) is 10.6. The molecule has 0 unspecified atom stereocenters. The molecular formula is C20H15Cl2N3O4S. The molecule has 1 aromatic heterocycles. The lowest BCUT2D eigenvalue weighted by Crippen LogP contribution is -2.14. The number of aromatic nitrogens is 1. The summed E-state index contributed by atoms with van der Waals surface area (Å²) in [5.41, 5.74) is 0.697. The van der Waals surface area contributed by atoms with Gasteiger partial charge in [-0.05, 0) is 30.3 Å². The van der Waals surface area contributed by atoms with Crippen LogP contribution in [0.3, 0.4) is 0 Å². The Balaban J connectivity index is 2.22. The predicted molar refractivity (Wildman–Crippen MR) is 115 cm³/mol. The van der Waals surface area contributed by atoms with E-state index >= 15 is 0 Å². The number of anilines is 1. The van der Waals surface area contributed by atoms with Crippen molar-refractivity contribution in [2.24, 2.45) is 0 Å².